The first-order valence-corrected chi connectivity index (χ1v) is 8.75. The van der Waals surface area contributed by atoms with E-state index < -0.39 is 11.9 Å². The Morgan fingerprint density at radius 3 is 2.52 bits per heavy atom. The minimum absolute atomic E-state index is 0.0773. The summed E-state index contributed by atoms with van der Waals surface area (Å²) >= 11 is 11.9. The molecule has 1 amide bonds. The molecule has 0 unspecified atom stereocenters. The maximum absolute atomic E-state index is 12.2. The number of esters is 1. The van der Waals surface area contributed by atoms with Crippen LogP contribution in [0.25, 0.3) is 6.08 Å². The van der Waals surface area contributed by atoms with Gasteiger partial charge >= 0.3 is 5.97 Å². The molecule has 2 rings (SSSR count). The first-order valence-electron chi connectivity index (χ1n) is 8.00. The summed E-state index contributed by atoms with van der Waals surface area (Å²) in [5.74, 6) is -1.63. The standard InChI is InChI=1S/C19H17Cl2NO5/c1-4-26-19(25)17-16(10(2)23)11(3)27-18(17)22-15(24)8-6-12-5-7-13(20)9-14(12)21/h5-9H,4H2,1-3H3,(H,22,24)/b8-6+. The van der Waals surface area contributed by atoms with Gasteiger partial charge < -0.3 is 9.15 Å². The number of rotatable bonds is 6. The number of halogens is 2. The van der Waals surface area contributed by atoms with Gasteiger partial charge in [0.05, 0.1) is 12.2 Å². The van der Waals surface area contributed by atoms with Crippen LogP contribution in [-0.2, 0) is 9.53 Å². The molecule has 0 atom stereocenters. The van der Waals surface area contributed by atoms with Crippen LogP contribution < -0.4 is 5.32 Å². The highest BCUT2D eigenvalue weighted by Gasteiger charge is 2.28. The molecular weight excluding hydrogens is 393 g/mol. The Labute approximate surface area is 166 Å². The zero-order valence-electron chi connectivity index (χ0n) is 14.9. The van der Waals surface area contributed by atoms with Crippen molar-refractivity contribution < 1.29 is 23.5 Å². The van der Waals surface area contributed by atoms with E-state index in [4.69, 9.17) is 32.4 Å². The Hall–Kier alpha value is -2.57. The largest absolute Gasteiger partial charge is 0.462 e. The molecule has 6 nitrogen and oxygen atoms in total. The number of anilines is 1. The number of aryl methyl sites for hydroxylation is 1. The minimum atomic E-state index is -0.750. The third kappa shape index (κ3) is 4.99. The van der Waals surface area contributed by atoms with Gasteiger partial charge in [-0.3, -0.25) is 14.9 Å². The average molecular weight is 410 g/mol. The number of Topliss-reactive ketones (excluding diaryl/α,β-unsaturated/α-hetero) is 1. The molecule has 1 heterocycles. The van der Waals surface area contributed by atoms with Gasteiger partial charge in [0.2, 0.25) is 5.88 Å². The third-order valence-electron chi connectivity index (χ3n) is 3.53. The second kappa shape index (κ2) is 8.88. The number of hydrogen-bond acceptors (Lipinski definition) is 5. The highest BCUT2D eigenvalue weighted by atomic mass is 35.5. The van der Waals surface area contributed by atoms with E-state index in [9.17, 15) is 14.4 Å². The number of hydrogen-bond donors (Lipinski definition) is 1. The first-order chi connectivity index (χ1) is 12.7. The van der Waals surface area contributed by atoms with Crippen LogP contribution in [-0.4, -0.2) is 24.3 Å². The molecule has 0 fully saturated rings. The zero-order chi connectivity index (χ0) is 20.1. The number of nitrogens with one attached hydrogen (secondary N) is 1. The highest BCUT2D eigenvalue weighted by molar-refractivity contribution is 6.35. The smallest absolute Gasteiger partial charge is 0.344 e. The molecule has 0 aliphatic heterocycles. The number of ether oxygens (including phenoxy) is 1. The molecule has 1 N–H and O–H groups in total. The Balaban J connectivity index is 2.29. The molecule has 0 saturated heterocycles. The van der Waals surface area contributed by atoms with Crippen molar-refractivity contribution in [2.75, 3.05) is 11.9 Å². The predicted molar refractivity (Wildman–Crippen MR) is 104 cm³/mol. The van der Waals surface area contributed by atoms with Crippen molar-refractivity contribution in [3.05, 3.63) is 56.8 Å². The fourth-order valence-electron chi connectivity index (χ4n) is 2.41. The lowest BCUT2D eigenvalue weighted by Gasteiger charge is -2.04. The van der Waals surface area contributed by atoms with Gasteiger partial charge in [0.1, 0.15) is 11.3 Å². The molecule has 2 aromatic rings. The third-order valence-corrected chi connectivity index (χ3v) is 4.09. The lowest BCUT2D eigenvalue weighted by atomic mass is 10.1. The van der Waals surface area contributed by atoms with Crippen LogP contribution in [0.5, 0.6) is 0 Å². The molecule has 142 valence electrons. The number of benzene rings is 1. The fourth-order valence-corrected chi connectivity index (χ4v) is 2.88. The van der Waals surface area contributed by atoms with Gasteiger partial charge in [0, 0.05) is 16.1 Å². The van der Waals surface area contributed by atoms with Crippen LogP contribution in [0.2, 0.25) is 10.0 Å². The van der Waals surface area contributed by atoms with Crippen LogP contribution in [0.15, 0.2) is 28.7 Å². The number of furan rings is 1. The maximum atomic E-state index is 12.2. The molecule has 8 heteroatoms. The summed E-state index contributed by atoms with van der Waals surface area (Å²) in [5.41, 5.74) is 0.559. The van der Waals surface area contributed by atoms with Gasteiger partial charge in [-0.2, -0.15) is 0 Å². The summed E-state index contributed by atoms with van der Waals surface area (Å²) in [6.45, 7) is 4.57. The van der Waals surface area contributed by atoms with Crippen molar-refractivity contribution in [3.8, 4) is 0 Å². The second-order valence-electron chi connectivity index (χ2n) is 5.50. The van der Waals surface area contributed by atoms with Gasteiger partial charge in [0.15, 0.2) is 5.78 Å². The molecule has 0 aliphatic rings. The average Bonchev–Trinajstić information content (AvgIpc) is 2.90. The summed E-state index contributed by atoms with van der Waals surface area (Å²) in [6, 6.07) is 4.84. The SMILES string of the molecule is CCOC(=O)c1c(NC(=O)/C=C/c2ccc(Cl)cc2Cl)oc(C)c1C(C)=O. The molecular formula is C19H17Cl2NO5. The number of ketones is 1. The van der Waals surface area contributed by atoms with E-state index >= 15 is 0 Å². The van der Waals surface area contributed by atoms with Crippen LogP contribution in [0.4, 0.5) is 5.88 Å². The van der Waals surface area contributed by atoms with E-state index in [0.717, 1.165) is 0 Å². The Bertz CT molecular complexity index is 930. The number of carbonyl (C=O) groups is 3. The van der Waals surface area contributed by atoms with E-state index in [1.165, 1.54) is 26.0 Å². The molecule has 0 saturated carbocycles. The van der Waals surface area contributed by atoms with E-state index in [-0.39, 0.29) is 35.2 Å². The van der Waals surface area contributed by atoms with Gasteiger partial charge in [0.25, 0.3) is 5.91 Å². The Kier molecular flexibility index (Phi) is 6.82. The predicted octanol–water partition coefficient (Wildman–Crippen LogP) is 4.93. The molecule has 0 aliphatic carbocycles. The minimum Gasteiger partial charge on any atom is -0.462 e. The van der Waals surface area contributed by atoms with Crippen molar-refractivity contribution in [1.29, 1.82) is 0 Å². The van der Waals surface area contributed by atoms with Crippen LogP contribution >= 0.6 is 23.2 Å². The van der Waals surface area contributed by atoms with Gasteiger partial charge in [-0.25, -0.2) is 4.79 Å². The number of amides is 1. The lowest BCUT2D eigenvalue weighted by molar-refractivity contribution is -0.111. The van der Waals surface area contributed by atoms with Crippen molar-refractivity contribution in [1.82, 2.24) is 0 Å². The fraction of sp³-hybridized carbons (Fsp3) is 0.211. The van der Waals surface area contributed by atoms with Crippen LogP contribution in [0.3, 0.4) is 0 Å². The summed E-state index contributed by atoms with van der Waals surface area (Å²) < 4.78 is 10.4. The first kappa shape index (κ1) is 20.7. The summed E-state index contributed by atoms with van der Waals surface area (Å²) in [4.78, 5) is 36.3. The van der Waals surface area contributed by atoms with E-state index in [1.54, 1.807) is 25.1 Å². The lowest BCUT2D eigenvalue weighted by Crippen LogP contribution is -2.14. The quantitative estimate of drug-likeness (QED) is 0.415. The molecule has 0 spiro atoms. The van der Waals surface area contributed by atoms with Crippen LogP contribution in [0, 0.1) is 6.92 Å². The Morgan fingerprint density at radius 1 is 1.22 bits per heavy atom. The van der Waals surface area contributed by atoms with Crippen molar-refractivity contribution in [2.24, 2.45) is 0 Å². The van der Waals surface area contributed by atoms with Gasteiger partial charge in [-0.05, 0) is 44.5 Å². The van der Waals surface area contributed by atoms with Crippen LogP contribution in [0.1, 0.15) is 45.9 Å². The second-order valence-corrected chi connectivity index (χ2v) is 6.35. The van der Waals surface area contributed by atoms with Crippen molar-refractivity contribution >= 4 is 52.8 Å². The van der Waals surface area contributed by atoms with Crippen molar-refractivity contribution in [3.63, 3.8) is 0 Å². The summed E-state index contributed by atoms with van der Waals surface area (Å²) in [6.07, 6.45) is 2.70. The Morgan fingerprint density at radius 2 is 1.93 bits per heavy atom. The zero-order valence-corrected chi connectivity index (χ0v) is 16.4. The molecule has 0 bridgehead atoms. The number of carbonyl (C=O) groups excluding carboxylic acids is 3. The molecule has 1 aromatic carbocycles. The summed E-state index contributed by atoms with van der Waals surface area (Å²) in [7, 11) is 0. The normalized spacial score (nSPS) is 10.9. The van der Waals surface area contributed by atoms with E-state index in [0.29, 0.717) is 15.6 Å². The molecule has 27 heavy (non-hydrogen) atoms. The highest BCUT2D eigenvalue weighted by Crippen LogP contribution is 2.29. The van der Waals surface area contributed by atoms with Gasteiger partial charge in [-0.1, -0.05) is 29.3 Å². The topological polar surface area (TPSA) is 85.6 Å². The monoisotopic (exact) mass is 409 g/mol. The molecule has 1 aromatic heterocycles. The van der Waals surface area contributed by atoms with Crippen molar-refractivity contribution in [2.45, 2.75) is 20.8 Å². The maximum Gasteiger partial charge on any atom is 0.344 e. The van der Waals surface area contributed by atoms with E-state index in [1.807, 2.05) is 0 Å². The summed E-state index contributed by atoms with van der Waals surface area (Å²) in [5, 5.41) is 3.31. The van der Waals surface area contributed by atoms with E-state index in [2.05, 4.69) is 5.32 Å². The molecule has 0 radical (unpaired) electrons. The van der Waals surface area contributed by atoms with Gasteiger partial charge in [-0.15, -0.1) is 0 Å².